The summed E-state index contributed by atoms with van der Waals surface area (Å²) < 4.78 is 35.7. The average molecular weight is 226 g/mol. The van der Waals surface area contributed by atoms with Crippen LogP contribution in [0.25, 0.3) is 0 Å². The molecule has 0 aromatic rings. The molecule has 0 rings (SSSR count). The van der Waals surface area contributed by atoms with Gasteiger partial charge in [0.15, 0.2) is 0 Å². The van der Waals surface area contributed by atoms with Crippen LogP contribution in [0.1, 0.15) is 26.7 Å². The minimum atomic E-state index is -4.32. The summed E-state index contributed by atoms with van der Waals surface area (Å²) in [6.45, 7) is 2.43. The lowest BCUT2D eigenvalue weighted by atomic mass is 9.96. The number of hydrogen-bond donors (Lipinski definition) is 2. The molecule has 0 fully saturated rings. The first-order chi connectivity index (χ1) is 6.78. The third kappa shape index (κ3) is 6.33. The van der Waals surface area contributed by atoms with E-state index in [-0.39, 0.29) is 5.92 Å². The highest BCUT2D eigenvalue weighted by Gasteiger charge is 2.31. The lowest BCUT2D eigenvalue weighted by Crippen LogP contribution is -2.48. The highest BCUT2D eigenvalue weighted by atomic mass is 19.4. The lowest BCUT2D eigenvalue weighted by Gasteiger charge is -2.22. The number of carbonyl (C=O) groups excluding carboxylic acids is 1. The van der Waals surface area contributed by atoms with Gasteiger partial charge in [-0.15, -0.1) is 0 Å². The van der Waals surface area contributed by atoms with Crippen molar-refractivity contribution in [2.45, 2.75) is 38.9 Å². The van der Waals surface area contributed by atoms with Crippen LogP contribution in [0.2, 0.25) is 0 Å². The summed E-state index contributed by atoms with van der Waals surface area (Å²) in [6.07, 6.45) is -2.85. The van der Waals surface area contributed by atoms with E-state index in [0.29, 0.717) is 6.42 Å². The van der Waals surface area contributed by atoms with Gasteiger partial charge in [-0.05, 0) is 12.3 Å². The summed E-state index contributed by atoms with van der Waals surface area (Å²) in [5.41, 5.74) is 5.03. The molecule has 0 aromatic carbocycles. The molecular weight excluding hydrogens is 209 g/mol. The Balaban J connectivity index is 4.22. The molecule has 0 spiro atoms. The summed E-state index contributed by atoms with van der Waals surface area (Å²) in [4.78, 5) is 10.9. The zero-order chi connectivity index (χ0) is 12.1. The highest BCUT2D eigenvalue weighted by molar-refractivity contribution is 5.80. The van der Waals surface area contributed by atoms with E-state index >= 15 is 0 Å². The molecule has 0 aromatic heterocycles. The van der Waals surface area contributed by atoms with E-state index < -0.39 is 24.7 Å². The third-order valence-corrected chi connectivity index (χ3v) is 2.14. The van der Waals surface area contributed by atoms with Crippen LogP contribution in [0.3, 0.4) is 0 Å². The fourth-order valence-electron chi connectivity index (χ4n) is 1.43. The number of nitrogens with two attached hydrogens (primary N) is 1. The fourth-order valence-corrected chi connectivity index (χ4v) is 1.43. The predicted molar refractivity (Wildman–Crippen MR) is 51.1 cm³/mol. The molecular formula is C9H17F3N2O. The van der Waals surface area contributed by atoms with Crippen molar-refractivity contribution in [3.05, 3.63) is 0 Å². The second-order valence-corrected chi connectivity index (χ2v) is 3.64. The first-order valence-corrected chi connectivity index (χ1v) is 4.87. The number of alkyl halides is 3. The molecule has 2 atom stereocenters. The van der Waals surface area contributed by atoms with Gasteiger partial charge in [0.2, 0.25) is 5.91 Å². The maximum atomic E-state index is 11.9. The van der Waals surface area contributed by atoms with Crippen LogP contribution in [0.4, 0.5) is 13.2 Å². The molecule has 0 aliphatic rings. The summed E-state index contributed by atoms with van der Waals surface area (Å²) >= 11 is 0. The summed E-state index contributed by atoms with van der Waals surface area (Å²) in [6, 6.07) is -0.911. The molecule has 6 heteroatoms. The standard InChI is InChI=1S/C9H17F3N2O/c1-3-4-6(2)7(8(13)15)14-5-9(10,11)12/h6-7,14H,3-5H2,1-2H3,(H2,13,15). The quantitative estimate of drug-likeness (QED) is 0.719. The van der Waals surface area contributed by atoms with E-state index in [9.17, 15) is 18.0 Å². The zero-order valence-electron chi connectivity index (χ0n) is 8.90. The average Bonchev–Trinajstić information content (AvgIpc) is 2.01. The maximum Gasteiger partial charge on any atom is 0.401 e. The van der Waals surface area contributed by atoms with Gasteiger partial charge < -0.3 is 5.73 Å². The first-order valence-electron chi connectivity index (χ1n) is 4.87. The van der Waals surface area contributed by atoms with Gasteiger partial charge in [0.25, 0.3) is 0 Å². The molecule has 0 radical (unpaired) electrons. The summed E-state index contributed by atoms with van der Waals surface area (Å²) in [5.74, 6) is -0.921. The number of halogens is 3. The Labute approximate surface area is 87.2 Å². The summed E-state index contributed by atoms with van der Waals surface area (Å²) in [5, 5.41) is 2.14. The number of hydrogen-bond acceptors (Lipinski definition) is 2. The van der Waals surface area contributed by atoms with E-state index in [1.165, 1.54) is 0 Å². The Morgan fingerprint density at radius 2 is 2.00 bits per heavy atom. The zero-order valence-corrected chi connectivity index (χ0v) is 8.90. The number of rotatable bonds is 6. The molecule has 0 aliphatic heterocycles. The fraction of sp³-hybridized carbons (Fsp3) is 0.889. The molecule has 15 heavy (non-hydrogen) atoms. The molecule has 1 amide bonds. The topological polar surface area (TPSA) is 55.1 Å². The lowest BCUT2D eigenvalue weighted by molar-refractivity contribution is -0.132. The van der Waals surface area contributed by atoms with Crippen molar-refractivity contribution in [1.82, 2.24) is 5.32 Å². The van der Waals surface area contributed by atoms with E-state index in [2.05, 4.69) is 5.32 Å². The van der Waals surface area contributed by atoms with Gasteiger partial charge in [0.05, 0.1) is 12.6 Å². The van der Waals surface area contributed by atoms with E-state index in [0.717, 1.165) is 6.42 Å². The van der Waals surface area contributed by atoms with Gasteiger partial charge in [-0.1, -0.05) is 20.3 Å². The van der Waals surface area contributed by atoms with Gasteiger partial charge in [-0.3, -0.25) is 10.1 Å². The van der Waals surface area contributed by atoms with Crippen molar-refractivity contribution in [2.24, 2.45) is 11.7 Å². The number of nitrogens with one attached hydrogen (secondary N) is 1. The van der Waals surface area contributed by atoms with Crippen molar-refractivity contribution in [1.29, 1.82) is 0 Å². The normalized spacial score (nSPS) is 16.1. The Bertz CT molecular complexity index is 206. The second-order valence-electron chi connectivity index (χ2n) is 3.64. The molecule has 90 valence electrons. The van der Waals surface area contributed by atoms with Gasteiger partial charge >= 0.3 is 6.18 Å². The molecule has 0 saturated heterocycles. The van der Waals surface area contributed by atoms with Crippen molar-refractivity contribution < 1.29 is 18.0 Å². The van der Waals surface area contributed by atoms with Crippen molar-refractivity contribution in [3.8, 4) is 0 Å². The third-order valence-electron chi connectivity index (χ3n) is 2.14. The number of primary amides is 1. The first kappa shape index (κ1) is 14.2. The Morgan fingerprint density at radius 1 is 1.47 bits per heavy atom. The van der Waals surface area contributed by atoms with Crippen LogP contribution in [0.5, 0.6) is 0 Å². The molecule has 0 saturated carbocycles. The largest absolute Gasteiger partial charge is 0.401 e. The minimum Gasteiger partial charge on any atom is -0.368 e. The number of amides is 1. The monoisotopic (exact) mass is 226 g/mol. The van der Waals surface area contributed by atoms with Crippen LogP contribution >= 0.6 is 0 Å². The molecule has 2 unspecified atom stereocenters. The number of carbonyl (C=O) groups is 1. The Morgan fingerprint density at radius 3 is 2.33 bits per heavy atom. The smallest absolute Gasteiger partial charge is 0.368 e. The molecule has 3 nitrogen and oxygen atoms in total. The van der Waals surface area contributed by atoms with Crippen molar-refractivity contribution in [3.63, 3.8) is 0 Å². The Kier molecular flexibility index (Phi) is 5.64. The van der Waals surface area contributed by atoms with Crippen LogP contribution in [0, 0.1) is 5.92 Å². The molecule has 0 aliphatic carbocycles. The van der Waals surface area contributed by atoms with Gasteiger partial charge in [0.1, 0.15) is 0 Å². The molecule has 3 N–H and O–H groups in total. The minimum absolute atomic E-state index is 0.185. The van der Waals surface area contributed by atoms with Gasteiger partial charge in [-0.25, -0.2) is 0 Å². The van der Waals surface area contributed by atoms with Gasteiger partial charge in [0, 0.05) is 0 Å². The molecule has 0 heterocycles. The highest BCUT2D eigenvalue weighted by Crippen LogP contribution is 2.15. The van der Waals surface area contributed by atoms with E-state index in [1.54, 1.807) is 6.92 Å². The predicted octanol–water partition coefficient (Wildman–Crippen LogP) is 1.43. The van der Waals surface area contributed by atoms with Crippen LogP contribution in [-0.2, 0) is 4.79 Å². The maximum absolute atomic E-state index is 11.9. The van der Waals surface area contributed by atoms with Crippen LogP contribution in [0.15, 0.2) is 0 Å². The van der Waals surface area contributed by atoms with E-state index in [1.807, 2.05) is 6.92 Å². The van der Waals surface area contributed by atoms with Crippen LogP contribution < -0.4 is 11.1 Å². The summed E-state index contributed by atoms with van der Waals surface area (Å²) in [7, 11) is 0. The SMILES string of the molecule is CCCC(C)C(NCC(F)(F)F)C(N)=O. The van der Waals surface area contributed by atoms with E-state index in [4.69, 9.17) is 5.73 Å². The second kappa shape index (κ2) is 5.95. The van der Waals surface area contributed by atoms with Gasteiger partial charge in [-0.2, -0.15) is 13.2 Å². The Hall–Kier alpha value is -0.780. The van der Waals surface area contributed by atoms with Crippen molar-refractivity contribution >= 4 is 5.91 Å². The van der Waals surface area contributed by atoms with Crippen LogP contribution in [-0.4, -0.2) is 24.7 Å². The molecule has 0 bridgehead atoms. The van der Waals surface area contributed by atoms with Crippen molar-refractivity contribution in [2.75, 3.05) is 6.54 Å².